The Labute approximate surface area is 149 Å². The van der Waals surface area contributed by atoms with E-state index in [1.807, 2.05) is 21.6 Å². The van der Waals surface area contributed by atoms with Crippen molar-refractivity contribution in [2.45, 2.75) is 23.6 Å². The second-order valence-corrected chi connectivity index (χ2v) is 8.60. The van der Waals surface area contributed by atoms with E-state index in [1.54, 1.807) is 0 Å². The molecular formula is C22H16S2. The molecule has 0 saturated carbocycles. The summed E-state index contributed by atoms with van der Waals surface area (Å²) < 4.78 is 0. The van der Waals surface area contributed by atoms with Gasteiger partial charge in [-0.2, -0.15) is 0 Å². The summed E-state index contributed by atoms with van der Waals surface area (Å²) in [5.74, 6) is 0. The Kier molecular flexibility index (Phi) is 3.19. The first-order chi connectivity index (χ1) is 11.7. The predicted octanol–water partition coefficient (Wildman–Crippen LogP) is 7.39. The van der Waals surface area contributed by atoms with Crippen LogP contribution in [-0.2, 0) is 0 Å². The van der Waals surface area contributed by atoms with E-state index in [1.165, 1.54) is 53.6 Å². The van der Waals surface area contributed by atoms with Crippen LogP contribution in [0.2, 0.25) is 0 Å². The van der Waals surface area contributed by atoms with E-state index >= 15 is 0 Å². The minimum atomic E-state index is 1.36. The lowest BCUT2D eigenvalue weighted by molar-refractivity contribution is 1.36. The number of aryl methyl sites for hydroxylation is 2. The summed E-state index contributed by atoms with van der Waals surface area (Å²) in [5.41, 5.74) is 5.53. The van der Waals surface area contributed by atoms with Crippen LogP contribution in [0.3, 0.4) is 0 Å². The normalized spacial score (nSPS) is 13.1. The molecule has 0 spiro atoms. The Balaban J connectivity index is 2.01. The molecule has 0 fully saturated rings. The van der Waals surface area contributed by atoms with Gasteiger partial charge < -0.3 is 0 Å². The van der Waals surface area contributed by atoms with Crippen molar-refractivity contribution in [3.05, 3.63) is 71.8 Å². The maximum atomic E-state index is 2.35. The van der Waals surface area contributed by atoms with Gasteiger partial charge in [-0.1, -0.05) is 70.1 Å². The van der Waals surface area contributed by atoms with Crippen LogP contribution in [0.25, 0.3) is 32.7 Å². The third kappa shape index (κ3) is 1.96. The lowest BCUT2D eigenvalue weighted by Crippen LogP contribution is -1.96. The number of fused-ring (bicyclic) bond motifs is 7. The van der Waals surface area contributed by atoms with Crippen LogP contribution in [0.15, 0.2) is 70.5 Å². The van der Waals surface area contributed by atoms with Gasteiger partial charge in [0, 0.05) is 20.9 Å². The molecule has 0 bridgehead atoms. The van der Waals surface area contributed by atoms with Crippen LogP contribution in [0.4, 0.5) is 0 Å². The molecule has 0 radical (unpaired) electrons. The Morgan fingerprint density at radius 1 is 0.542 bits per heavy atom. The first-order valence-corrected chi connectivity index (χ1v) is 10.3. The monoisotopic (exact) mass is 344 g/mol. The van der Waals surface area contributed by atoms with Crippen LogP contribution in [-0.4, -0.2) is 0 Å². The summed E-state index contributed by atoms with van der Waals surface area (Å²) in [6, 6.07) is 22.3. The van der Waals surface area contributed by atoms with Gasteiger partial charge in [-0.25, -0.2) is 0 Å². The molecule has 5 rings (SSSR count). The van der Waals surface area contributed by atoms with Gasteiger partial charge in [-0.3, -0.25) is 0 Å². The molecule has 0 aromatic heterocycles. The van der Waals surface area contributed by atoms with Crippen LogP contribution in [0.5, 0.6) is 0 Å². The van der Waals surface area contributed by atoms with Crippen LogP contribution in [0.1, 0.15) is 11.1 Å². The van der Waals surface area contributed by atoms with Gasteiger partial charge in [0.05, 0.1) is 0 Å². The fraction of sp³-hybridized carbons (Fsp3) is 0.0909. The average Bonchev–Trinajstić information content (AvgIpc) is 2.62. The number of rotatable bonds is 0. The third-order valence-corrected chi connectivity index (χ3v) is 7.32. The zero-order valence-electron chi connectivity index (χ0n) is 13.6. The Hall–Kier alpha value is -1.90. The molecule has 0 aliphatic carbocycles. The molecule has 0 nitrogen and oxygen atoms in total. The van der Waals surface area contributed by atoms with Crippen molar-refractivity contribution in [2.75, 3.05) is 0 Å². The van der Waals surface area contributed by atoms with Crippen molar-refractivity contribution in [2.24, 2.45) is 0 Å². The van der Waals surface area contributed by atoms with Crippen molar-refractivity contribution in [3.63, 3.8) is 0 Å². The number of benzene rings is 4. The van der Waals surface area contributed by atoms with E-state index in [4.69, 9.17) is 0 Å². The minimum absolute atomic E-state index is 1.36. The van der Waals surface area contributed by atoms with E-state index < -0.39 is 0 Å². The van der Waals surface area contributed by atoms with Gasteiger partial charge in [-0.05, 0) is 58.7 Å². The average molecular weight is 345 g/mol. The first-order valence-electron chi connectivity index (χ1n) is 8.13. The highest BCUT2D eigenvalue weighted by Gasteiger charge is 2.23. The number of hydrogen-bond donors (Lipinski definition) is 0. The fourth-order valence-electron chi connectivity index (χ4n) is 3.79. The SMILES string of the molecule is Cc1cc2c(c3ccccc13)-c1c(cc(C)c3ccccc13)SS2. The third-order valence-electron chi connectivity index (χ3n) is 4.90. The predicted molar refractivity (Wildman–Crippen MR) is 108 cm³/mol. The second-order valence-electron chi connectivity index (χ2n) is 6.39. The van der Waals surface area contributed by atoms with E-state index in [2.05, 4.69) is 74.5 Å². The first kappa shape index (κ1) is 14.4. The van der Waals surface area contributed by atoms with Crippen LogP contribution >= 0.6 is 21.6 Å². The molecule has 4 aromatic carbocycles. The van der Waals surface area contributed by atoms with Gasteiger partial charge in [0.25, 0.3) is 0 Å². The van der Waals surface area contributed by atoms with Crippen molar-refractivity contribution >= 4 is 43.1 Å². The zero-order chi connectivity index (χ0) is 16.3. The van der Waals surface area contributed by atoms with E-state index in [-0.39, 0.29) is 0 Å². The van der Waals surface area contributed by atoms with Gasteiger partial charge in [0.15, 0.2) is 0 Å². The summed E-state index contributed by atoms with van der Waals surface area (Å²) in [6.45, 7) is 4.44. The van der Waals surface area contributed by atoms with Crippen molar-refractivity contribution in [1.29, 1.82) is 0 Å². The molecule has 2 heteroatoms. The quantitative estimate of drug-likeness (QED) is 0.305. The largest absolute Gasteiger partial charge is 0.0616 e. The van der Waals surface area contributed by atoms with Crippen molar-refractivity contribution in [3.8, 4) is 11.1 Å². The molecule has 0 amide bonds. The van der Waals surface area contributed by atoms with Crippen molar-refractivity contribution < 1.29 is 0 Å². The Morgan fingerprint density at radius 2 is 0.917 bits per heavy atom. The summed E-state index contributed by atoms with van der Waals surface area (Å²) in [6.07, 6.45) is 0. The molecule has 0 unspecified atom stereocenters. The fourth-order valence-corrected chi connectivity index (χ4v) is 6.33. The highest BCUT2D eigenvalue weighted by atomic mass is 33.1. The maximum absolute atomic E-state index is 2.35. The summed E-state index contributed by atoms with van der Waals surface area (Å²) in [7, 11) is 3.79. The highest BCUT2D eigenvalue weighted by molar-refractivity contribution is 8.76. The summed E-state index contributed by atoms with van der Waals surface area (Å²) >= 11 is 0. The molecule has 24 heavy (non-hydrogen) atoms. The lowest BCUT2D eigenvalue weighted by atomic mass is 9.90. The second kappa shape index (κ2) is 5.30. The van der Waals surface area contributed by atoms with Gasteiger partial charge in [0.1, 0.15) is 0 Å². The molecule has 0 saturated heterocycles. The standard InChI is InChI=1S/C22H16S2/c1-13-11-19-21(17-9-5-3-7-15(13)17)22-18-10-6-4-8-16(18)14(2)12-20(22)24-23-19/h3-12H,1-2H3. The Bertz CT molecular complexity index is 1030. The van der Waals surface area contributed by atoms with E-state index in [0.29, 0.717) is 0 Å². The summed E-state index contributed by atoms with van der Waals surface area (Å²) in [5, 5.41) is 5.46. The van der Waals surface area contributed by atoms with Gasteiger partial charge in [-0.15, -0.1) is 0 Å². The number of hydrogen-bond acceptors (Lipinski definition) is 2. The topological polar surface area (TPSA) is 0 Å². The van der Waals surface area contributed by atoms with E-state index in [9.17, 15) is 0 Å². The zero-order valence-corrected chi connectivity index (χ0v) is 15.2. The molecule has 0 N–H and O–H groups in total. The van der Waals surface area contributed by atoms with Crippen LogP contribution < -0.4 is 0 Å². The maximum Gasteiger partial charge on any atom is 0.0274 e. The van der Waals surface area contributed by atoms with Gasteiger partial charge >= 0.3 is 0 Å². The van der Waals surface area contributed by atoms with Gasteiger partial charge in [0.2, 0.25) is 0 Å². The Morgan fingerprint density at radius 3 is 1.33 bits per heavy atom. The minimum Gasteiger partial charge on any atom is -0.0616 e. The lowest BCUT2D eigenvalue weighted by Gasteiger charge is -2.24. The smallest absolute Gasteiger partial charge is 0.0274 e. The van der Waals surface area contributed by atoms with Crippen molar-refractivity contribution in [1.82, 2.24) is 0 Å². The van der Waals surface area contributed by atoms with E-state index in [0.717, 1.165) is 0 Å². The molecular weight excluding hydrogens is 328 g/mol. The molecule has 1 heterocycles. The molecule has 4 aromatic rings. The molecule has 116 valence electrons. The highest BCUT2D eigenvalue weighted by Crippen LogP contribution is 2.56. The molecule has 0 atom stereocenters. The molecule has 1 aliphatic rings. The van der Waals surface area contributed by atoms with Crippen LogP contribution in [0, 0.1) is 13.8 Å². The summed E-state index contributed by atoms with van der Waals surface area (Å²) in [4.78, 5) is 2.77. The molecule has 1 aliphatic heterocycles.